The van der Waals surface area contributed by atoms with Crippen LogP contribution in [-0.4, -0.2) is 17.2 Å². The van der Waals surface area contributed by atoms with E-state index in [2.05, 4.69) is 0 Å². The van der Waals surface area contributed by atoms with E-state index in [0.29, 0.717) is 13.0 Å². The maximum atomic E-state index is 11.4. The Kier molecular flexibility index (Phi) is 4.32. The molecule has 0 radical (unpaired) electrons. The van der Waals surface area contributed by atoms with Crippen LogP contribution in [0.3, 0.4) is 0 Å². The molecule has 0 aliphatic carbocycles. The molecule has 0 amide bonds. The summed E-state index contributed by atoms with van der Waals surface area (Å²) in [5.74, 6) is 0. The van der Waals surface area contributed by atoms with E-state index in [-0.39, 0.29) is 5.66 Å². The van der Waals surface area contributed by atoms with Gasteiger partial charge < -0.3 is 9.42 Å². The van der Waals surface area contributed by atoms with Gasteiger partial charge in [0.05, 0.1) is 12.3 Å². The van der Waals surface area contributed by atoms with Crippen molar-refractivity contribution in [3.05, 3.63) is 22.4 Å². The molecule has 0 saturated carbocycles. The van der Waals surface area contributed by atoms with Crippen molar-refractivity contribution in [1.29, 1.82) is 0 Å². The van der Waals surface area contributed by atoms with Gasteiger partial charge >= 0.3 is 7.60 Å². The highest BCUT2D eigenvalue weighted by atomic mass is 32.1. The molecule has 1 heterocycles. The van der Waals surface area contributed by atoms with Gasteiger partial charge in [0.15, 0.2) is 0 Å². The van der Waals surface area contributed by atoms with Crippen molar-refractivity contribution in [2.24, 2.45) is 0 Å². The van der Waals surface area contributed by atoms with Crippen LogP contribution in [0.25, 0.3) is 0 Å². The van der Waals surface area contributed by atoms with Gasteiger partial charge in [0.1, 0.15) is 0 Å². The largest absolute Gasteiger partial charge is 0.330 e. The number of rotatable bonds is 5. The quantitative estimate of drug-likeness (QED) is 0.797. The van der Waals surface area contributed by atoms with E-state index < -0.39 is 7.60 Å². The summed E-state index contributed by atoms with van der Waals surface area (Å²) in [4.78, 5) is 10.5. The lowest BCUT2D eigenvalue weighted by atomic mass is 10.4. The maximum absolute atomic E-state index is 11.4. The van der Waals surface area contributed by atoms with Crippen molar-refractivity contribution in [2.75, 3.05) is 6.61 Å². The van der Waals surface area contributed by atoms with Crippen LogP contribution < -0.4 is 0 Å². The van der Waals surface area contributed by atoms with Gasteiger partial charge in [-0.25, -0.2) is 0 Å². The van der Waals surface area contributed by atoms with Gasteiger partial charge in [0.25, 0.3) is 0 Å². The standard InChI is InChI=1S/C9H15O3PS/c1-8(2)13(10,11)12-6-5-9-4-3-7-14-9/h3-4,7-8H,5-6H2,1-2H3,(H,10,11). The van der Waals surface area contributed by atoms with Crippen molar-refractivity contribution in [1.82, 2.24) is 0 Å². The topological polar surface area (TPSA) is 46.5 Å². The smallest absolute Gasteiger partial charge is 0.324 e. The average Bonchev–Trinajstić information content (AvgIpc) is 2.56. The Labute approximate surface area is 88.3 Å². The molecular formula is C9H15O3PS. The first kappa shape index (κ1) is 11.9. The molecule has 0 fully saturated rings. The second-order valence-corrected chi connectivity index (χ2v) is 6.77. The van der Waals surface area contributed by atoms with Crippen molar-refractivity contribution < 1.29 is 14.0 Å². The van der Waals surface area contributed by atoms with Gasteiger partial charge in [-0.05, 0) is 11.4 Å². The van der Waals surface area contributed by atoms with E-state index in [0.717, 1.165) is 0 Å². The average molecular weight is 234 g/mol. The van der Waals surface area contributed by atoms with Crippen LogP contribution in [0.4, 0.5) is 0 Å². The lowest BCUT2D eigenvalue weighted by Gasteiger charge is -2.14. The molecule has 0 saturated heterocycles. The third-order valence-corrected chi connectivity index (χ3v) is 4.65. The molecule has 1 aromatic heterocycles. The Morgan fingerprint density at radius 3 is 2.86 bits per heavy atom. The highest BCUT2D eigenvalue weighted by Crippen LogP contribution is 2.46. The summed E-state index contributed by atoms with van der Waals surface area (Å²) in [7, 11) is -3.38. The highest BCUT2D eigenvalue weighted by Gasteiger charge is 2.23. The van der Waals surface area contributed by atoms with Crippen LogP contribution in [0.2, 0.25) is 0 Å². The van der Waals surface area contributed by atoms with Crippen LogP contribution in [0.1, 0.15) is 18.7 Å². The lowest BCUT2D eigenvalue weighted by Crippen LogP contribution is -2.03. The molecule has 0 bridgehead atoms. The molecule has 0 aliphatic rings. The van der Waals surface area contributed by atoms with Gasteiger partial charge in [0.2, 0.25) is 0 Å². The summed E-state index contributed by atoms with van der Waals surface area (Å²) < 4.78 is 16.4. The Bertz CT molecular complexity index is 308. The summed E-state index contributed by atoms with van der Waals surface area (Å²) in [6.07, 6.45) is 0.703. The van der Waals surface area contributed by atoms with Gasteiger partial charge in [-0.1, -0.05) is 19.9 Å². The van der Waals surface area contributed by atoms with E-state index >= 15 is 0 Å². The predicted molar refractivity (Wildman–Crippen MR) is 58.9 cm³/mol. The van der Waals surface area contributed by atoms with Crippen molar-refractivity contribution >= 4 is 18.9 Å². The molecule has 1 aromatic rings. The summed E-state index contributed by atoms with van der Waals surface area (Å²) in [5.41, 5.74) is -0.328. The Morgan fingerprint density at radius 2 is 2.36 bits per heavy atom. The third-order valence-electron chi connectivity index (χ3n) is 1.86. The molecule has 3 nitrogen and oxygen atoms in total. The van der Waals surface area contributed by atoms with Gasteiger partial charge in [-0.2, -0.15) is 0 Å². The minimum absolute atomic E-state index is 0.312. The minimum Gasteiger partial charge on any atom is -0.324 e. The molecule has 0 aromatic carbocycles. The zero-order valence-electron chi connectivity index (χ0n) is 8.34. The van der Waals surface area contributed by atoms with Gasteiger partial charge in [-0.15, -0.1) is 11.3 Å². The van der Waals surface area contributed by atoms with E-state index in [4.69, 9.17) is 4.52 Å². The minimum atomic E-state index is -3.38. The number of hydrogen-bond acceptors (Lipinski definition) is 3. The molecule has 0 aliphatic heterocycles. The van der Waals surface area contributed by atoms with E-state index in [1.165, 1.54) is 4.88 Å². The fraction of sp³-hybridized carbons (Fsp3) is 0.556. The van der Waals surface area contributed by atoms with Gasteiger partial charge in [0, 0.05) is 11.3 Å². The Morgan fingerprint density at radius 1 is 1.64 bits per heavy atom. The van der Waals surface area contributed by atoms with E-state index in [1.54, 1.807) is 25.2 Å². The van der Waals surface area contributed by atoms with Crippen LogP contribution in [-0.2, 0) is 15.5 Å². The molecule has 1 unspecified atom stereocenters. The van der Waals surface area contributed by atoms with E-state index in [1.807, 2.05) is 17.5 Å². The second kappa shape index (κ2) is 5.08. The fourth-order valence-corrected chi connectivity index (χ4v) is 2.22. The van der Waals surface area contributed by atoms with Crippen LogP contribution in [0, 0.1) is 0 Å². The lowest BCUT2D eigenvalue weighted by molar-refractivity contribution is 0.257. The molecule has 14 heavy (non-hydrogen) atoms. The zero-order chi connectivity index (χ0) is 10.6. The first-order valence-electron chi connectivity index (χ1n) is 4.52. The Balaban J connectivity index is 2.32. The first-order chi connectivity index (χ1) is 6.52. The fourth-order valence-electron chi connectivity index (χ4n) is 0.881. The second-order valence-electron chi connectivity index (χ2n) is 3.32. The first-order valence-corrected chi connectivity index (χ1v) is 7.04. The summed E-state index contributed by atoms with van der Waals surface area (Å²) >= 11 is 1.63. The Hall–Kier alpha value is -0.150. The van der Waals surface area contributed by atoms with Crippen LogP contribution in [0.5, 0.6) is 0 Å². The van der Waals surface area contributed by atoms with Crippen molar-refractivity contribution in [3.8, 4) is 0 Å². The monoisotopic (exact) mass is 234 g/mol. The summed E-state index contributed by atoms with van der Waals surface area (Å²) in [6.45, 7) is 3.68. The SMILES string of the molecule is CC(C)P(=O)(O)OCCc1cccs1. The maximum Gasteiger partial charge on any atom is 0.330 e. The summed E-state index contributed by atoms with van der Waals surface area (Å²) in [5, 5.41) is 1.98. The number of thiophene rings is 1. The van der Waals surface area contributed by atoms with Crippen molar-refractivity contribution in [3.63, 3.8) is 0 Å². The molecule has 1 N–H and O–H groups in total. The molecular weight excluding hydrogens is 219 g/mol. The molecule has 1 rings (SSSR count). The number of hydrogen-bond donors (Lipinski definition) is 1. The third kappa shape index (κ3) is 3.54. The van der Waals surface area contributed by atoms with Crippen LogP contribution >= 0.6 is 18.9 Å². The van der Waals surface area contributed by atoms with Crippen LogP contribution in [0.15, 0.2) is 17.5 Å². The highest BCUT2D eigenvalue weighted by molar-refractivity contribution is 7.53. The molecule has 1 atom stereocenters. The van der Waals surface area contributed by atoms with Crippen molar-refractivity contribution in [2.45, 2.75) is 25.9 Å². The normalized spacial score (nSPS) is 15.7. The van der Waals surface area contributed by atoms with Gasteiger partial charge in [-0.3, -0.25) is 4.57 Å². The predicted octanol–water partition coefficient (Wildman–Crippen LogP) is 2.90. The molecule has 0 spiro atoms. The molecule has 5 heteroatoms. The zero-order valence-corrected chi connectivity index (χ0v) is 10.1. The molecule has 80 valence electrons. The summed E-state index contributed by atoms with van der Waals surface area (Å²) in [6, 6.07) is 3.95. The van der Waals surface area contributed by atoms with E-state index in [9.17, 15) is 9.46 Å².